The van der Waals surface area contributed by atoms with Gasteiger partial charge in [0.15, 0.2) is 0 Å². The van der Waals surface area contributed by atoms with Crippen molar-refractivity contribution in [3.63, 3.8) is 0 Å². The molecule has 0 radical (unpaired) electrons. The molecule has 0 aliphatic heterocycles. The van der Waals surface area contributed by atoms with Crippen molar-refractivity contribution in [2.45, 2.75) is 19.8 Å². The van der Waals surface area contributed by atoms with Gasteiger partial charge in [-0.3, -0.25) is 9.52 Å². The predicted octanol–water partition coefficient (Wildman–Crippen LogP) is 3.47. The Morgan fingerprint density at radius 2 is 1.93 bits per heavy atom. The van der Waals surface area contributed by atoms with Crippen LogP contribution in [0.1, 0.15) is 29.3 Å². The van der Waals surface area contributed by atoms with Gasteiger partial charge in [-0.05, 0) is 49.6 Å². The van der Waals surface area contributed by atoms with Crippen molar-refractivity contribution in [1.82, 2.24) is 5.32 Å². The third kappa shape index (κ3) is 6.77. The molecule has 8 heteroatoms. The van der Waals surface area contributed by atoms with Crippen LogP contribution in [0.25, 0.3) is 0 Å². The summed E-state index contributed by atoms with van der Waals surface area (Å²) in [6.45, 7) is 3.03. The molecule has 2 aromatic carbocycles. The summed E-state index contributed by atoms with van der Waals surface area (Å²) in [6, 6.07) is 12.2. The fraction of sp³-hybridized carbons (Fsp3) is 0.316. The van der Waals surface area contributed by atoms with Crippen molar-refractivity contribution in [3.8, 4) is 5.75 Å². The largest absolute Gasteiger partial charge is 0.494 e. The first-order valence-corrected chi connectivity index (χ1v) is 10.8. The van der Waals surface area contributed by atoms with E-state index in [1.54, 1.807) is 0 Å². The number of rotatable bonds is 9. The summed E-state index contributed by atoms with van der Waals surface area (Å²) >= 11 is 6.11. The minimum absolute atomic E-state index is 0.183. The van der Waals surface area contributed by atoms with Crippen LogP contribution in [-0.4, -0.2) is 33.7 Å². The Hall–Kier alpha value is -2.25. The SMILES string of the molecule is CCOc1ccccc1CCCNC(=O)c1ccc(NS(C)(=O)=O)cc1Cl. The summed E-state index contributed by atoms with van der Waals surface area (Å²) < 4.78 is 30.4. The monoisotopic (exact) mass is 410 g/mol. The maximum Gasteiger partial charge on any atom is 0.252 e. The van der Waals surface area contributed by atoms with E-state index in [-0.39, 0.29) is 10.9 Å². The second-order valence-corrected chi connectivity index (χ2v) is 8.12. The first kappa shape index (κ1) is 21.1. The summed E-state index contributed by atoms with van der Waals surface area (Å²) in [7, 11) is -3.40. The molecule has 0 bridgehead atoms. The third-order valence-corrected chi connectivity index (χ3v) is 4.62. The fourth-order valence-corrected chi connectivity index (χ4v) is 3.38. The minimum atomic E-state index is -3.40. The molecule has 2 rings (SSSR count). The second-order valence-electron chi connectivity index (χ2n) is 5.97. The van der Waals surface area contributed by atoms with Gasteiger partial charge >= 0.3 is 0 Å². The van der Waals surface area contributed by atoms with Gasteiger partial charge in [-0.25, -0.2) is 8.42 Å². The molecule has 27 heavy (non-hydrogen) atoms. The molecule has 0 saturated heterocycles. The highest BCUT2D eigenvalue weighted by molar-refractivity contribution is 7.92. The molecule has 0 heterocycles. The van der Waals surface area contributed by atoms with Crippen LogP contribution in [0.4, 0.5) is 5.69 Å². The van der Waals surface area contributed by atoms with Crippen molar-refractivity contribution in [1.29, 1.82) is 0 Å². The van der Waals surface area contributed by atoms with E-state index in [0.29, 0.717) is 24.4 Å². The number of nitrogens with one attached hydrogen (secondary N) is 2. The van der Waals surface area contributed by atoms with E-state index in [9.17, 15) is 13.2 Å². The number of carbonyl (C=O) groups is 1. The highest BCUT2D eigenvalue weighted by Crippen LogP contribution is 2.22. The summed E-state index contributed by atoms with van der Waals surface area (Å²) in [5.74, 6) is 0.562. The van der Waals surface area contributed by atoms with Crippen LogP contribution in [-0.2, 0) is 16.4 Å². The zero-order valence-electron chi connectivity index (χ0n) is 15.3. The van der Waals surface area contributed by atoms with E-state index in [4.69, 9.17) is 16.3 Å². The molecule has 0 atom stereocenters. The maximum absolute atomic E-state index is 12.3. The smallest absolute Gasteiger partial charge is 0.252 e. The Morgan fingerprint density at radius 3 is 2.59 bits per heavy atom. The van der Waals surface area contributed by atoms with E-state index in [1.807, 2.05) is 31.2 Å². The van der Waals surface area contributed by atoms with Gasteiger partial charge in [0.2, 0.25) is 10.0 Å². The Labute approximate surface area is 164 Å². The average molecular weight is 411 g/mol. The van der Waals surface area contributed by atoms with Gasteiger partial charge in [0.25, 0.3) is 5.91 Å². The number of amides is 1. The Balaban J connectivity index is 1.89. The topological polar surface area (TPSA) is 84.5 Å². The molecule has 2 aromatic rings. The molecule has 0 aliphatic rings. The van der Waals surface area contributed by atoms with Crippen LogP contribution in [0.2, 0.25) is 5.02 Å². The number of carbonyl (C=O) groups excluding carboxylic acids is 1. The van der Waals surface area contributed by atoms with E-state index in [2.05, 4.69) is 10.0 Å². The Bertz CT molecular complexity index is 900. The molecule has 2 N–H and O–H groups in total. The molecule has 0 spiro atoms. The van der Waals surface area contributed by atoms with E-state index < -0.39 is 10.0 Å². The quantitative estimate of drug-likeness (QED) is 0.620. The van der Waals surface area contributed by atoms with Crippen molar-refractivity contribution in [2.75, 3.05) is 24.1 Å². The molecular weight excluding hydrogens is 388 g/mol. The molecule has 6 nitrogen and oxygen atoms in total. The lowest BCUT2D eigenvalue weighted by molar-refractivity contribution is 0.0953. The van der Waals surface area contributed by atoms with Crippen LogP contribution < -0.4 is 14.8 Å². The molecule has 0 aliphatic carbocycles. The predicted molar refractivity (Wildman–Crippen MR) is 108 cm³/mol. The highest BCUT2D eigenvalue weighted by Gasteiger charge is 2.12. The first-order valence-electron chi connectivity index (χ1n) is 8.56. The van der Waals surface area contributed by atoms with Gasteiger partial charge in [0, 0.05) is 12.2 Å². The van der Waals surface area contributed by atoms with E-state index in [0.717, 1.165) is 30.4 Å². The normalized spacial score (nSPS) is 11.1. The second kappa shape index (κ2) is 9.62. The van der Waals surface area contributed by atoms with Gasteiger partial charge in [-0.2, -0.15) is 0 Å². The molecule has 0 unspecified atom stereocenters. The molecule has 146 valence electrons. The molecule has 0 aromatic heterocycles. The standard InChI is InChI=1S/C19H23ClN2O4S/c1-3-26-18-9-5-4-7-14(18)8-6-12-21-19(23)16-11-10-15(13-17(16)20)22-27(2,24)25/h4-5,7,9-11,13,22H,3,6,8,12H2,1-2H3,(H,21,23). The van der Waals surface area contributed by atoms with Crippen LogP contribution >= 0.6 is 11.6 Å². The maximum atomic E-state index is 12.3. The molecule has 0 fully saturated rings. The van der Waals surface area contributed by atoms with Gasteiger partial charge in [0.1, 0.15) is 5.75 Å². The first-order chi connectivity index (χ1) is 12.8. The minimum Gasteiger partial charge on any atom is -0.494 e. The zero-order valence-corrected chi connectivity index (χ0v) is 16.9. The number of hydrogen-bond donors (Lipinski definition) is 2. The van der Waals surface area contributed by atoms with Gasteiger partial charge in [0.05, 0.1) is 23.4 Å². The van der Waals surface area contributed by atoms with E-state index >= 15 is 0 Å². The Morgan fingerprint density at radius 1 is 1.19 bits per heavy atom. The number of hydrogen-bond acceptors (Lipinski definition) is 4. The van der Waals surface area contributed by atoms with Gasteiger partial charge in [-0.1, -0.05) is 29.8 Å². The number of halogens is 1. The fourth-order valence-electron chi connectivity index (χ4n) is 2.56. The van der Waals surface area contributed by atoms with Crippen LogP contribution in [0.15, 0.2) is 42.5 Å². The van der Waals surface area contributed by atoms with Crippen molar-refractivity contribution < 1.29 is 17.9 Å². The lowest BCUT2D eigenvalue weighted by Crippen LogP contribution is -2.25. The summed E-state index contributed by atoms with van der Waals surface area (Å²) in [5.41, 5.74) is 1.71. The number of anilines is 1. The van der Waals surface area contributed by atoms with Crippen molar-refractivity contribution >= 4 is 33.2 Å². The molecule has 1 amide bonds. The third-order valence-electron chi connectivity index (χ3n) is 3.70. The number of sulfonamides is 1. The summed E-state index contributed by atoms with van der Waals surface area (Å²) in [5, 5.41) is 3.01. The molecule has 0 saturated carbocycles. The van der Waals surface area contributed by atoms with Crippen LogP contribution in [0.3, 0.4) is 0 Å². The zero-order chi connectivity index (χ0) is 19.9. The lowest BCUT2D eigenvalue weighted by atomic mass is 10.1. The highest BCUT2D eigenvalue weighted by atomic mass is 35.5. The van der Waals surface area contributed by atoms with Crippen LogP contribution in [0, 0.1) is 0 Å². The van der Waals surface area contributed by atoms with Crippen molar-refractivity contribution in [3.05, 3.63) is 58.6 Å². The average Bonchev–Trinajstić information content (AvgIpc) is 2.58. The number of benzene rings is 2. The van der Waals surface area contributed by atoms with Gasteiger partial charge < -0.3 is 10.1 Å². The number of aryl methyl sites for hydroxylation is 1. The number of ether oxygens (including phenoxy) is 1. The van der Waals surface area contributed by atoms with Gasteiger partial charge in [-0.15, -0.1) is 0 Å². The van der Waals surface area contributed by atoms with Crippen molar-refractivity contribution in [2.24, 2.45) is 0 Å². The number of para-hydroxylation sites is 1. The summed E-state index contributed by atoms with van der Waals surface area (Å²) in [6.07, 6.45) is 2.58. The van der Waals surface area contributed by atoms with Crippen LogP contribution in [0.5, 0.6) is 5.75 Å². The molecular formula is C19H23ClN2O4S. The lowest BCUT2D eigenvalue weighted by Gasteiger charge is -2.11. The van der Waals surface area contributed by atoms with E-state index in [1.165, 1.54) is 18.2 Å². The summed E-state index contributed by atoms with van der Waals surface area (Å²) in [4.78, 5) is 12.3. The Kier molecular flexibility index (Phi) is 7.50.